The minimum Gasteiger partial charge on any atom is -0.399 e. The first-order valence-electron chi connectivity index (χ1n) is 9.39. The van der Waals surface area contributed by atoms with Crippen molar-refractivity contribution in [2.24, 2.45) is 16.0 Å². The van der Waals surface area contributed by atoms with Crippen molar-refractivity contribution in [1.29, 1.82) is 0 Å². The number of fused-ring (bicyclic) bond motifs is 1. The van der Waals surface area contributed by atoms with Crippen LogP contribution in [-0.4, -0.2) is 44.9 Å². The van der Waals surface area contributed by atoms with Gasteiger partial charge in [-0.05, 0) is 41.8 Å². The Morgan fingerprint density at radius 1 is 0.763 bits per heavy atom. The predicted octanol–water partition coefficient (Wildman–Crippen LogP) is 1.87. The Bertz CT molecular complexity index is 1790. The van der Waals surface area contributed by atoms with E-state index in [2.05, 4.69) is 28.1 Å². The minimum absolute atomic E-state index is 0.0123. The lowest BCUT2D eigenvalue weighted by atomic mass is 10.1. The van der Waals surface area contributed by atoms with Gasteiger partial charge in [-0.3, -0.25) is 13.7 Å². The van der Waals surface area contributed by atoms with Gasteiger partial charge in [0, 0.05) is 17.1 Å². The standard InChI is InChI=1S/C17H15N5O13S3/c18-9-1-2-12(13(5-9)20-17(19)23)21-22-14-7-11-8(4-16(14)35-38(30,31)32)3-10(33-36(24,25)26)6-15(11)34-37(27,28)29/h1-7H,18H2,(H3,19,20,23)(H,24,25,26)(H,27,28,29)(H,30,31,32). The van der Waals surface area contributed by atoms with E-state index in [0.29, 0.717) is 6.07 Å². The van der Waals surface area contributed by atoms with Gasteiger partial charge in [0.2, 0.25) is 0 Å². The molecular formula is C17H15N5O13S3. The second-order valence-electron chi connectivity index (χ2n) is 6.96. The summed E-state index contributed by atoms with van der Waals surface area (Å²) in [6.07, 6.45) is 0. The molecule has 0 saturated carbocycles. The number of nitrogens with one attached hydrogen (secondary N) is 1. The number of benzene rings is 3. The third-order valence-corrected chi connectivity index (χ3v) is 5.29. The van der Waals surface area contributed by atoms with Crippen molar-refractivity contribution in [2.75, 3.05) is 11.1 Å². The first kappa shape index (κ1) is 28.3. The molecule has 3 rings (SSSR count). The van der Waals surface area contributed by atoms with Crippen LogP contribution < -0.4 is 29.3 Å². The van der Waals surface area contributed by atoms with Crippen molar-refractivity contribution in [2.45, 2.75) is 0 Å². The van der Waals surface area contributed by atoms with Gasteiger partial charge in [-0.25, -0.2) is 4.79 Å². The van der Waals surface area contributed by atoms with Crippen molar-refractivity contribution in [1.82, 2.24) is 0 Å². The van der Waals surface area contributed by atoms with Gasteiger partial charge in [0.25, 0.3) is 0 Å². The molecule has 0 bridgehead atoms. The number of carbonyl (C=O) groups is 1. The second-order valence-corrected chi connectivity index (χ2v) is 10.0. The van der Waals surface area contributed by atoms with Crippen molar-refractivity contribution in [3.05, 3.63) is 42.5 Å². The molecule has 2 amide bonds. The monoisotopic (exact) mass is 593 g/mol. The summed E-state index contributed by atoms with van der Waals surface area (Å²) in [6, 6.07) is 6.18. The average Bonchev–Trinajstić information content (AvgIpc) is 2.69. The van der Waals surface area contributed by atoms with E-state index in [9.17, 15) is 30.0 Å². The summed E-state index contributed by atoms with van der Waals surface area (Å²) in [7, 11) is -15.5. The Labute approximate surface area is 213 Å². The largest absolute Gasteiger partial charge is 0.446 e. The van der Waals surface area contributed by atoms with Gasteiger partial charge in [-0.1, -0.05) is 0 Å². The molecule has 0 aromatic heterocycles. The van der Waals surface area contributed by atoms with Crippen LogP contribution in [0, 0.1) is 0 Å². The third-order valence-electron chi connectivity index (χ3n) is 4.10. The summed E-state index contributed by atoms with van der Waals surface area (Å²) < 4.78 is 108. The van der Waals surface area contributed by atoms with Gasteiger partial charge < -0.3 is 29.3 Å². The lowest BCUT2D eigenvalue weighted by Crippen LogP contribution is -2.19. The Balaban J connectivity index is 2.28. The molecule has 0 aliphatic carbocycles. The molecule has 204 valence electrons. The lowest BCUT2D eigenvalue weighted by Gasteiger charge is -2.12. The van der Waals surface area contributed by atoms with Gasteiger partial charge in [0.05, 0.1) is 5.69 Å². The number of nitrogen functional groups attached to an aromatic ring is 1. The molecule has 8 N–H and O–H groups in total. The van der Waals surface area contributed by atoms with Crippen molar-refractivity contribution >= 4 is 70.8 Å². The number of nitrogens with zero attached hydrogens (tertiary/aromatic N) is 2. The van der Waals surface area contributed by atoms with Crippen molar-refractivity contribution in [3.8, 4) is 17.2 Å². The minimum atomic E-state index is -5.21. The fourth-order valence-electron chi connectivity index (χ4n) is 2.91. The normalized spacial score (nSPS) is 12.4. The number of hydrogen-bond donors (Lipinski definition) is 6. The van der Waals surface area contributed by atoms with Crippen LogP contribution in [0.15, 0.2) is 52.7 Å². The van der Waals surface area contributed by atoms with Crippen LogP contribution >= 0.6 is 0 Å². The summed E-state index contributed by atoms with van der Waals surface area (Å²) in [5, 5.41) is 9.33. The summed E-state index contributed by atoms with van der Waals surface area (Å²) in [5.74, 6) is -2.25. The molecular weight excluding hydrogens is 578 g/mol. The van der Waals surface area contributed by atoms with Crippen LogP contribution in [0.25, 0.3) is 10.8 Å². The topological polar surface area (TPSA) is 297 Å². The van der Waals surface area contributed by atoms with E-state index in [1.165, 1.54) is 18.2 Å². The molecule has 0 spiro atoms. The lowest BCUT2D eigenvalue weighted by molar-refractivity contribution is 0.259. The molecule has 3 aromatic carbocycles. The highest BCUT2D eigenvalue weighted by atomic mass is 32.3. The number of urea groups is 1. The number of anilines is 2. The summed E-state index contributed by atoms with van der Waals surface area (Å²) in [4.78, 5) is 11.3. The molecule has 0 radical (unpaired) electrons. The van der Waals surface area contributed by atoms with E-state index in [4.69, 9.17) is 25.1 Å². The van der Waals surface area contributed by atoms with E-state index in [0.717, 1.165) is 18.2 Å². The number of primary amides is 1. The maximum Gasteiger partial charge on any atom is 0.446 e. The van der Waals surface area contributed by atoms with Gasteiger partial charge >= 0.3 is 37.2 Å². The molecule has 0 saturated heterocycles. The highest BCUT2D eigenvalue weighted by Crippen LogP contribution is 2.41. The molecule has 0 aliphatic rings. The quantitative estimate of drug-likeness (QED) is 0.117. The molecule has 0 unspecified atom stereocenters. The number of amides is 2. The van der Waals surface area contributed by atoms with Crippen LogP contribution in [0.5, 0.6) is 17.2 Å². The molecule has 38 heavy (non-hydrogen) atoms. The zero-order valence-corrected chi connectivity index (χ0v) is 20.7. The average molecular weight is 594 g/mol. The molecule has 18 nitrogen and oxygen atoms in total. The third kappa shape index (κ3) is 8.12. The summed E-state index contributed by atoms with van der Waals surface area (Å²) >= 11 is 0. The van der Waals surface area contributed by atoms with Crippen LogP contribution in [0.3, 0.4) is 0 Å². The van der Waals surface area contributed by atoms with E-state index < -0.39 is 60.2 Å². The van der Waals surface area contributed by atoms with Crippen molar-refractivity contribution in [3.63, 3.8) is 0 Å². The van der Waals surface area contributed by atoms with E-state index >= 15 is 0 Å². The first-order chi connectivity index (χ1) is 17.4. The Kier molecular flexibility index (Phi) is 7.62. The first-order valence-corrected chi connectivity index (χ1v) is 13.5. The molecule has 0 atom stereocenters. The predicted molar refractivity (Wildman–Crippen MR) is 129 cm³/mol. The molecule has 3 aromatic rings. The van der Waals surface area contributed by atoms with Gasteiger partial charge in [-0.2, -0.15) is 25.3 Å². The number of rotatable bonds is 9. The number of hydrogen-bond acceptors (Lipinski definition) is 13. The van der Waals surface area contributed by atoms with Crippen LogP contribution in [-0.2, 0) is 31.2 Å². The van der Waals surface area contributed by atoms with Crippen molar-refractivity contribution < 1.29 is 56.3 Å². The SMILES string of the molecule is NC(=O)Nc1cc(N)ccc1N=Nc1cc2c(OS(=O)(=O)O)cc(OS(=O)(=O)O)cc2cc1OS(=O)(=O)O. The maximum atomic E-state index is 11.4. The summed E-state index contributed by atoms with van der Waals surface area (Å²) in [5.41, 5.74) is 10.4. The van der Waals surface area contributed by atoms with Gasteiger partial charge in [0.1, 0.15) is 17.1 Å². The number of azo groups is 1. The maximum absolute atomic E-state index is 11.4. The summed E-state index contributed by atoms with van der Waals surface area (Å²) in [6.45, 7) is 0. The molecule has 0 fully saturated rings. The molecule has 21 heteroatoms. The Hall–Kier alpha value is -4.28. The van der Waals surface area contributed by atoms with E-state index in [1.807, 2.05) is 0 Å². The fourth-order valence-corrected chi connectivity index (χ4v) is 3.98. The highest BCUT2D eigenvalue weighted by Gasteiger charge is 2.20. The Morgan fingerprint density at radius 3 is 1.92 bits per heavy atom. The molecule has 0 aliphatic heterocycles. The van der Waals surface area contributed by atoms with Gasteiger partial charge in [-0.15, -0.1) is 10.2 Å². The molecule has 0 heterocycles. The van der Waals surface area contributed by atoms with Crippen LogP contribution in [0.4, 0.5) is 27.5 Å². The van der Waals surface area contributed by atoms with Crippen LogP contribution in [0.2, 0.25) is 0 Å². The smallest absolute Gasteiger partial charge is 0.399 e. The zero-order chi connectivity index (χ0) is 28.5. The van der Waals surface area contributed by atoms with Crippen LogP contribution in [0.1, 0.15) is 0 Å². The number of carbonyl (C=O) groups excluding carboxylic acids is 1. The highest BCUT2D eigenvalue weighted by molar-refractivity contribution is 7.81. The van der Waals surface area contributed by atoms with E-state index in [-0.39, 0.29) is 27.8 Å². The zero-order valence-electron chi connectivity index (χ0n) is 18.2. The van der Waals surface area contributed by atoms with Gasteiger partial charge in [0.15, 0.2) is 11.5 Å². The second kappa shape index (κ2) is 10.2. The fraction of sp³-hybridized carbons (Fsp3) is 0. The van der Waals surface area contributed by atoms with E-state index in [1.54, 1.807) is 0 Å². The number of nitrogens with two attached hydrogens (primary N) is 2. The Morgan fingerprint density at radius 2 is 1.34 bits per heavy atom.